The molecule has 3 saturated heterocycles. The molecule has 3 heterocycles. The molecule has 158 valence electrons. The van der Waals surface area contributed by atoms with Gasteiger partial charge in [-0.2, -0.15) is 0 Å². The van der Waals surface area contributed by atoms with Gasteiger partial charge >= 0.3 is 0 Å². The minimum atomic E-state index is 0.0309. The van der Waals surface area contributed by atoms with Crippen molar-refractivity contribution in [1.82, 2.24) is 15.1 Å². The number of nitrogens with one attached hydrogen (secondary N) is 1. The standard InChI is InChI=1S/C22H31N3O4/c1-28-18-7-15(8-19(9-18)29-2)10-23-21(26)14-24-11-16-6-17(13-24)20-4-3-5-22(27)25(20)12-16/h7-9,16-17,20H,3-6,10-14H2,1-2H3,(H,23,26)/t16?,17?,20-/m1/s1. The number of likely N-dealkylation sites (tertiary alicyclic amines) is 1. The molecule has 1 N–H and O–H groups in total. The second-order valence-corrected chi connectivity index (χ2v) is 8.56. The van der Waals surface area contributed by atoms with Gasteiger partial charge in [0.2, 0.25) is 11.8 Å². The van der Waals surface area contributed by atoms with E-state index < -0.39 is 0 Å². The molecule has 0 aromatic heterocycles. The molecule has 3 aliphatic rings. The van der Waals surface area contributed by atoms with Gasteiger partial charge < -0.3 is 19.7 Å². The van der Waals surface area contributed by atoms with Crippen LogP contribution in [0.2, 0.25) is 0 Å². The number of ether oxygens (including phenoxy) is 2. The number of hydrogen-bond donors (Lipinski definition) is 1. The molecule has 2 amide bonds. The lowest BCUT2D eigenvalue weighted by Gasteiger charge is -2.52. The van der Waals surface area contributed by atoms with E-state index in [-0.39, 0.29) is 5.91 Å². The van der Waals surface area contributed by atoms with Crippen molar-refractivity contribution >= 4 is 11.8 Å². The van der Waals surface area contributed by atoms with Gasteiger partial charge in [0.1, 0.15) is 11.5 Å². The van der Waals surface area contributed by atoms with Gasteiger partial charge in [-0.15, -0.1) is 0 Å². The lowest BCUT2D eigenvalue weighted by atomic mass is 9.76. The maximum absolute atomic E-state index is 12.6. The van der Waals surface area contributed by atoms with Crippen LogP contribution in [0.4, 0.5) is 0 Å². The summed E-state index contributed by atoms with van der Waals surface area (Å²) in [5.74, 6) is 2.77. The molecular weight excluding hydrogens is 370 g/mol. The molecule has 0 spiro atoms. The second kappa shape index (κ2) is 8.61. The maximum Gasteiger partial charge on any atom is 0.234 e. The van der Waals surface area contributed by atoms with Crippen LogP contribution >= 0.6 is 0 Å². The van der Waals surface area contributed by atoms with Gasteiger partial charge in [-0.05, 0) is 48.8 Å². The van der Waals surface area contributed by atoms with Crippen LogP contribution in [0.15, 0.2) is 18.2 Å². The van der Waals surface area contributed by atoms with Crippen molar-refractivity contribution in [1.29, 1.82) is 0 Å². The predicted octanol–water partition coefficient (Wildman–Crippen LogP) is 1.65. The molecule has 2 unspecified atom stereocenters. The van der Waals surface area contributed by atoms with Gasteiger partial charge in [-0.1, -0.05) is 0 Å². The average Bonchev–Trinajstić information content (AvgIpc) is 2.72. The van der Waals surface area contributed by atoms with Gasteiger partial charge in [-0.3, -0.25) is 14.5 Å². The minimum Gasteiger partial charge on any atom is -0.497 e. The highest BCUT2D eigenvalue weighted by Gasteiger charge is 2.43. The highest BCUT2D eigenvalue weighted by molar-refractivity contribution is 5.78. The Morgan fingerprint density at radius 2 is 1.90 bits per heavy atom. The maximum atomic E-state index is 12.6. The van der Waals surface area contributed by atoms with Crippen LogP contribution in [-0.2, 0) is 16.1 Å². The van der Waals surface area contributed by atoms with Gasteiger partial charge in [0.05, 0.1) is 20.8 Å². The zero-order valence-corrected chi connectivity index (χ0v) is 17.4. The van der Waals surface area contributed by atoms with E-state index in [1.54, 1.807) is 14.2 Å². The van der Waals surface area contributed by atoms with Crippen molar-refractivity contribution in [2.45, 2.75) is 38.3 Å². The second-order valence-electron chi connectivity index (χ2n) is 8.56. The van der Waals surface area contributed by atoms with E-state index in [0.717, 1.165) is 38.0 Å². The van der Waals surface area contributed by atoms with Crippen molar-refractivity contribution in [2.24, 2.45) is 11.8 Å². The third kappa shape index (κ3) is 4.50. The molecule has 1 aromatic rings. The number of rotatable bonds is 6. The van der Waals surface area contributed by atoms with E-state index in [4.69, 9.17) is 9.47 Å². The van der Waals surface area contributed by atoms with Crippen molar-refractivity contribution in [2.75, 3.05) is 40.4 Å². The number of piperidine rings is 3. The number of amides is 2. The molecule has 0 saturated carbocycles. The van der Waals surface area contributed by atoms with Gasteiger partial charge in [0.15, 0.2) is 0 Å². The lowest BCUT2D eigenvalue weighted by molar-refractivity contribution is -0.145. The smallest absolute Gasteiger partial charge is 0.234 e. The van der Waals surface area contributed by atoms with Crippen molar-refractivity contribution in [3.63, 3.8) is 0 Å². The predicted molar refractivity (Wildman–Crippen MR) is 109 cm³/mol. The third-order valence-electron chi connectivity index (χ3n) is 6.52. The molecule has 7 heteroatoms. The molecule has 4 rings (SSSR count). The van der Waals surface area contributed by atoms with Crippen LogP contribution in [-0.4, -0.2) is 68.1 Å². The molecule has 3 fully saturated rings. The van der Waals surface area contributed by atoms with Crippen molar-refractivity contribution in [3.05, 3.63) is 23.8 Å². The fourth-order valence-corrected chi connectivity index (χ4v) is 5.27. The van der Waals surface area contributed by atoms with Gasteiger partial charge in [0.25, 0.3) is 0 Å². The Hall–Kier alpha value is -2.28. The molecule has 3 aliphatic heterocycles. The number of fused-ring (bicyclic) bond motifs is 4. The van der Waals surface area contributed by atoms with Crippen LogP contribution in [0.1, 0.15) is 31.2 Å². The number of carbonyl (C=O) groups is 2. The Labute approximate surface area is 172 Å². The number of hydrogen-bond acceptors (Lipinski definition) is 5. The van der Waals surface area contributed by atoms with Gasteiger partial charge in [-0.25, -0.2) is 0 Å². The molecule has 7 nitrogen and oxygen atoms in total. The van der Waals surface area contributed by atoms with Crippen molar-refractivity contribution in [3.8, 4) is 11.5 Å². The summed E-state index contributed by atoms with van der Waals surface area (Å²) in [5.41, 5.74) is 0.946. The first-order valence-corrected chi connectivity index (χ1v) is 10.6. The van der Waals surface area contributed by atoms with E-state index in [0.29, 0.717) is 54.8 Å². The fourth-order valence-electron chi connectivity index (χ4n) is 5.27. The molecule has 29 heavy (non-hydrogen) atoms. The van der Waals surface area contributed by atoms with Crippen molar-refractivity contribution < 1.29 is 19.1 Å². The topological polar surface area (TPSA) is 71.1 Å². The number of methoxy groups -OCH3 is 2. The lowest BCUT2D eigenvalue weighted by Crippen LogP contribution is -2.61. The van der Waals surface area contributed by atoms with E-state index in [2.05, 4.69) is 15.1 Å². The summed E-state index contributed by atoms with van der Waals surface area (Å²) in [6.45, 7) is 3.52. The highest BCUT2D eigenvalue weighted by Crippen LogP contribution is 2.37. The Bertz CT molecular complexity index is 746. The number of benzene rings is 1. The zero-order valence-electron chi connectivity index (χ0n) is 17.4. The Morgan fingerprint density at radius 1 is 1.14 bits per heavy atom. The first-order chi connectivity index (χ1) is 14.1. The molecule has 2 bridgehead atoms. The largest absolute Gasteiger partial charge is 0.497 e. The molecule has 0 aliphatic carbocycles. The van der Waals surface area contributed by atoms with E-state index in [1.807, 2.05) is 18.2 Å². The molecular formula is C22H31N3O4. The Morgan fingerprint density at radius 3 is 2.62 bits per heavy atom. The fraction of sp³-hybridized carbons (Fsp3) is 0.636. The highest BCUT2D eigenvalue weighted by atomic mass is 16.5. The molecule has 0 radical (unpaired) electrons. The molecule has 3 atom stereocenters. The minimum absolute atomic E-state index is 0.0309. The Kier molecular flexibility index (Phi) is 5.94. The monoisotopic (exact) mass is 401 g/mol. The summed E-state index contributed by atoms with van der Waals surface area (Å²) >= 11 is 0. The Balaban J connectivity index is 1.31. The quantitative estimate of drug-likeness (QED) is 0.785. The summed E-state index contributed by atoms with van der Waals surface area (Å²) in [6.07, 6.45) is 4.01. The summed E-state index contributed by atoms with van der Waals surface area (Å²) in [4.78, 5) is 29.2. The summed E-state index contributed by atoms with van der Waals surface area (Å²) in [5, 5.41) is 3.02. The SMILES string of the molecule is COc1cc(CNC(=O)CN2CC3CC(C2)[C@H]2CCCC(=O)N2C3)cc(OC)c1. The van der Waals surface area contributed by atoms with Gasteiger partial charge in [0, 0.05) is 44.7 Å². The van der Waals surface area contributed by atoms with E-state index in [9.17, 15) is 9.59 Å². The van der Waals surface area contributed by atoms with Crippen LogP contribution in [0.3, 0.4) is 0 Å². The number of nitrogens with zero attached hydrogens (tertiary/aromatic N) is 2. The average molecular weight is 402 g/mol. The van der Waals surface area contributed by atoms with E-state index >= 15 is 0 Å². The normalized spacial score (nSPS) is 26.6. The summed E-state index contributed by atoms with van der Waals surface area (Å²) in [7, 11) is 3.23. The third-order valence-corrected chi connectivity index (χ3v) is 6.52. The summed E-state index contributed by atoms with van der Waals surface area (Å²) < 4.78 is 10.6. The van der Waals surface area contributed by atoms with Crippen LogP contribution < -0.4 is 14.8 Å². The first kappa shape index (κ1) is 20.0. The molecule has 1 aromatic carbocycles. The first-order valence-electron chi connectivity index (χ1n) is 10.6. The van der Waals surface area contributed by atoms with E-state index in [1.165, 1.54) is 6.42 Å². The zero-order chi connectivity index (χ0) is 20.4. The van der Waals surface area contributed by atoms with Crippen LogP contribution in [0.25, 0.3) is 0 Å². The number of carbonyl (C=O) groups excluding carboxylic acids is 2. The van der Waals surface area contributed by atoms with Crippen LogP contribution in [0, 0.1) is 11.8 Å². The summed E-state index contributed by atoms with van der Waals surface area (Å²) in [6, 6.07) is 6.01. The van der Waals surface area contributed by atoms with Crippen LogP contribution in [0.5, 0.6) is 11.5 Å².